The monoisotopic (exact) mass is 290 g/mol. The van der Waals surface area contributed by atoms with E-state index < -0.39 is 0 Å². The minimum Gasteiger partial charge on any atom is -0.357 e. The molecule has 1 fully saturated rings. The van der Waals surface area contributed by atoms with Gasteiger partial charge in [0.1, 0.15) is 6.23 Å². The van der Waals surface area contributed by atoms with Gasteiger partial charge in [-0.3, -0.25) is 4.79 Å². The Labute approximate surface area is 122 Å². The predicted octanol–water partition coefficient (Wildman–Crippen LogP) is 3.72. The third kappa shape index (κ3) is 2.49. The van der Waals surface area contributed by atoms with Crippen molar-refractivity contribution in [3.63, 3.8) is 0 Å². The van der Waals surface area contributed by atoms with E-state index in [9.17, 15) is 4.79 Å². The van der Waals surface area contributed by atoms with Gasteiger partial charge >= 0.3 is 0 Å². The van der Waals surface area contributed by atoms with E-state index in [1.165, 1.54) is 0 Å². The van der Waals surface area contributed by atoms with E-state index in [1.807, 2.05) is 10.9 Å². The van der Waals surface area contributed by atoms with Gasteiger partial charge in [-0.25, -0.2) is 4.68 Å². The van der Waals surface area contributed by atoms with Gasteiger partial charge in [0.15, 0.2) is 6.29 Å². The van der Waals surface area contributed by atoms with Gasteiger partial charge in [0, 0.05) is 34.5 Å². The number of carbonyl (C=O) groups excluding carboxylic acids is 1. The van der Waals surface area contributed by atoms with E-state index in [1.54, 1.807) is 24.4 Å². The highest BCUT2D eigenvalue weighted by Gasteiger charge is 2.18. The van der Waals surface area contributed by atoms with E-state index >= 15 is 0 Å². The van der Waals surface area contributed by atoms with E-state index in [0.29, 0.717) is 10.6 Å². The molecule has 1 atom stereocenters. The molecule has 0 saturated carbocycles. The van der Waals surface area contributed by atoms with Crippen LogP contribution in [0.15, 0.2) is 30.6 Å². The lowest BCUT2D eigenvalue weighted by molar-refractivity contribution is -0.0394. The molecule has 0 spiro atoms. The Morgan fingerprint density at radius 2 is 2.30 bits per heavy atom. The highest BCUT2D eigenvalue weighted by atomic mass is 35.5. The molecule has 1 aromatic carbocycles. The predicted molar refractivity (Wildman–Crippen MR) is 76.9 cm³/mol. The molecule has 1 unspecified atom stereocenters. The Kier molecular flexibility index (Phi) is 3.85. The molecule has 4 nitrogen and oxygen atoms in total. The Balaban J connectivity index is 1.95. The van der Waals surface area contributed by atoms with Gasteiger partial charge in [0.2, 0.25) is 0 Å². The average Bonchev–Trinajstić information content (AvgIpc) is 2.97. The van der Waals surface area contributed by atoms with E-state index in [4.69, 9.17) is 16.3 Å². The lowest BCUT2D eigenvalue weighted by Gasteiger charge is -2.22. The molecule has 3 rings (SSSR count). The number of carbonyl (C=O) groups is 1. The molecule has 1 aliphatic rings. The maximum atomic E-state index is 11.2. The summed E-state index contributed by atoms with van der Waals surface area (Å²) in [5.74, 6) is 0. The second-order valence-electron chi connectivity index (χ2n) is 4.85. The van der Waals surface area contributed by atoms with Gasteiger partial charge in [-0.05, 0) is 25.3 Å². The van der Waals surface area contributed by atoms with Crippen molar-refractivity contribution in [3.8, 4) is 11.1 Å². The van der Waals surface area contributed by atoms with Crippen molar-refractivity contribution in [3.05, 3.63) is 41.2 Å². The fourth-order valence-electron chi connectivity index (χ4n) is 2.50. The Hall–Kier alpha value is -1.65. The van der Waals surface area contributed by atoms with Crippen molar-refractivity contribution >= 4 is 17.9 Å². The lowest BCUT2D eigenvalue weighted by atomic mass is 10.0. The lowest BCUT2D eigenvalue weighted by Crippen LogP contribution is -2.18. The van der Waals surface area contributed by atoms with Crippen LogP contribution in [0, 0.1) is 0 Å². The fraction of sp³-hybridized carbons (Fsp3) is 0.333. The van der Waals surface area contributed by atoms with Crippen LogP contribution < -0.4 is 0 Å². The summed E-state index contributed by atoms with van der Waals surface area (Å²) in [6, 6.07) is 5.30. The fourth-order valence-corrected chi connectivity index (χ4v) is 2.79. The third-order valence-electron chi connectivity index (χ3n) is 3.51. The molecule has 1 aromatic heterocycles. The van der Waals surface area contributed by atoms with Gasteiger partial charge < -0.3 is 4.74 Å². The zero-order chi connectivity index (χ0) is 13.9. The number of rotatable bonds is 3. The molecule has 104 valence electrons. The first-order chi connectivity index (χ1) is 9.79. The number of aldehydes is 1. The normalized spacial score (nSPS) is 18.9. The summed E-state index contributed by atoms with van der Waals surface area (Å²) in [7, 11) is 0. The second-order valence-corrected chi connectivity index (χ2v) is 5.26. The standard InChI is InChI=1S/C15H15ClN2O2/c16-13-5-3-4-11(10-19)15(13)12-8-17-18(9-12)14-6-1-2-7-20-14/h3-5,8-10,14H,1-2,6-7H2. The molecule has 0 radical (unpaired) electrons. The van der Waals surface area contributed by atoms with Gasteiger partial charge in [-0.1, -0.05) is 23.7 Å². The summed E-state index contributed by atoms with van der Waals surface area (Å²) in [5, 5.41) is 4.90. The molecule has 0 bridgehead atoms. The molecule has 0 aliphatic carbocycles. The molecule has 20 heavy (non-hydrogen) atoms. The molecule has 2 heterocycles. The number of nitrogens with zero attached hydrogens (tertiary/aromatic N) is 2. The highest BCUT2D eigenvalue weighted by molar-refractivity contribution is 6.34. The minimum absolute atomic E-state index is 0.0142. The Morgan fingerprint density at radius 3 is 3.05 bits per heavy atom. The maximum absolute atomic E-state index is 11.2. The Morgan fingerprint density at radius 1 is 1.40 bits per heavy atom. The minimum atomic E-state index is -0.0142. The van der Waals surface area contributed by atoms with Crippen LogP contribution in [0.1, 0.15) is 35.8 Å². The SMILES string of the molecule is O=Cc1cccc(Cl)c1-c1cnn(C2CCCCO2)c1. The molecule has 0 N–H and O–H groups in total. The van der Waals surface area contributed by atoms with Crippen LogP contribution >= 0.6 is 11.6 Å². The van der Waals surface area contributed by atoms with Crippen LogP contribution in [0.25, 0.3) is 11.1 Å². The first kappa shape index (κ1) is 13.3. The summed E-state index contributed by atoms with van der Waals surface area (Å²) in [6.07, 6.45) is 7.63. The first-order valence-corrected chi connectivity index (χ1v) is 7.07. The van der Waals surface area contributed by atoms with Crippen LogP contribution in [0.5, 0.6) is 0 Å². The van der Waals surface area contributed by atoms with Crippen molar-refractivity contribution in [2.24, 2.45) is 0 Å². The second kappa shape index (κ2) is 5.77. The molecule has 2 aromatic rings. The maximum Gasteiger partial charge on any atom is 0.150 e. The summed E-state index contributed by atoms with van der Waals surface area (Å²) in [5.41, 5.74) is 2.14. The van der Waals surface area contributed by atoms with Crippen LogP contribution in [-0.4, -0.2) is 22.7 Å². The number of hydrogen-bond donors (Lipinski definition) is 0. The van der Waals surface area contributed by atoms with Gasteiger partial charge in [0.25, 0.3) is 0 Å². The number of aromatic nitrogens is 2. The summed E-state index contributed by atoms with van der Waals surface area (Å²) >= 11 is 6.21. The zero-order valence-corrected chi connectivity index (χ0v) is 11.7. The topological polar surface area (TPSA) is 44.1 Å². The number of hydrogen-bond acceptors (Lipinski definition) is 3. The molecule has 5 heteroatoms. The van der Waals surface area contributed by atoms with Crippen molar-refractivity contribution in [1.29, 1.82) is 0 Å². The quantitative estimate of drug-likeness (QED) is 0.809. The largest absolute Gasteiger partial charge is 0.357 e. The molecule has 1 saturated heterocycles. The summed E-state index contributed by atoms with van der Waals surface area (Å²) in [6.45, 7) is 0.769. The van der Waals surface area contributed by atoms with E-state index in [0.717, 1.165) is 43.3 Å². The smallest absolute Gasteiger partial charge is 0.150 e. The van der Waals surface area contributed by atoms with Crippen molar-refractivity contribution in [2.75, 3.05) is 6.61 Å². The molecule has 0 amide bonds. The van der Waals surface area contributed by atoms with Gasteiger partial charge in [-0.15, -0.1) is 0 Å². The van der Waals surface area contributed by atoms with Gasteiger partial charge in [0.05, 0.1) is 6.20 Å². The first-order valence-electron chi connectivity index (χ1n) is 6.69. The van der Waals surface area contributed by atoms with Crippen molar-refractivity contribution in [2.45, 2.75) is 25.5 Å². The van der Waals surface area contributed by atoms with Crippen LogP contribution in [0.3, 0.4) is 0 Å². The van der Waals surface area contributed by atoms with Crippen molar-refractivity contribution < 1.29 is 9.53 Å². The van der Waals surface area contributed by atoms with Crippen LogP contribution in [0.2, 0.25) is 5.02 Å². The zero-order valence-electron chi connectivity index (χ0n) is 11.0. The van der Waals surface area contributed by atoms with Crippen molar-refractivity contribution in [1.82, 2.24) is 9.78 Å². The third-order valence-corrected chi connectivity index (χ3v) is 3.83. The van der Waals surface area contributed by atoms with Crippen LogP contribution in [0.4, 0.5) is 0 Å². The number of benzene rings is 1. The van der Waals surface area contributed by atoms with Crippen LogP contribution in [-0.2, 0) is 4.74 Å². The summed E-state index contributed by atoms with van der Waals surface area (Å²) < 4.78 is 7.51. The number of halogens is 1. The molecule has 1 aliphatic heterocycles. The Bertz CT molecular complexity index is 618. The molecular weight excluding hydrogens is 276 g/mol. The van der Waals surface area contributed by atoms with E-state index in [-0.39, 0.29) is 6.23 Å². The average molecular weight is 291 g/mol. The molecular formula is C15H15ClN2O2. The highest BCUT2D eigenvalue weighted by Crippen LogP contribution is 2.31. The summed E-state index contributed by atoms with van der Waals surface area (Å²) in [4.78, 5) is 11.2. The number of ether oxygens (including phenoxy) is 1. The van der Waals surface area contributed by atoms with Gasteiger partial charge in [-0.2, -0.15) is 5.10 Å². The van der Waals surface area contributed by atoms with E-state index in [2.05, 4.69) is 5.10 Å².